The fourth-order valence-corrected chi connectivity index (χ4v) is 3.87. The maximum Gasteiger partial charge on any atom is 0.337 e. The van der Waals surface area contributed by atoms with Crippen molar-refractivity contribution in [2.45, 2.75) is 39.8 Å². The Morgan fingerprint density at radius 2 is 1.65 bits per heavy atom. The van der Waals surface area contributed by atoms with Crippen LogP contribution >= 0.6 is 11.6 Å². The summed E-state index contributed by atoms with van der Waals surface area (Å²) in [6.45, 7) is 6.52. The quantitative estimate of drug-likeness (QED) is 0.441. The largest absolute Gasteiger partial charge is 0.337 e. The molecule has 4 rings (SSSR count). The van der Waals surface area contributed by atoms with Crippen LogP contribution < -0.4 is 11.2 Å². The van der Waals surface area contributed by atoms with Gasteiger partial charge in [0.15, 0.2) is 11.2 Å². The summed E-state index contributed by atoms with van der Waals surface area (Å²) in [6.07, 6.45) is 2.37. The van der Waals surface area contributed by atoms with Crippen LogP contribution in [0.4, 0.5) is 0 Å². The molecular weight excluding hydrogens is 412 g/mol. The van der Waals surface area contributed by atoms with E-state index in [9.17, 15) is 9.59 Å². The van der Waals surface area contributed by atoms with Crippen LogP contribution in [0.3, 0.4) is 0 Å². The Hall–Kier alpha value is -3.12. The minimum absolute atomic E-state index is 0.117. The fraction of sp³-hybridized carbons (Fsp3) is 0.292. The van der Waals surface area contributed by atoms with Gasteiger partial charge in [0.05, 0.1) is 18.1 Å². The number of hydrogen-bond acceptors (Lipinski definition) is 3. The highest BCUT2D eigenvalue weighted by atomic mass is 35.5. The zero-order valence-electron chi connectivity index (χ0n) is 17.8. The number of fused-ring (bicyclic) bond motifs is 1. The summed E-state index contributed by atoms with van der Waals surface area (Å²) in [7, 11) is 0. The summed E-state index contributed by atoms with van der Waals surface area (Å²) in [4.78, 5) is 31.4. The van der Waals surface area contributed by atoms with E-state index in [4.69, 9.17) is 11.6 Å². The Morgan fingerprint density at radius 1 is 0.968 bits per heavy atom. The molecule has 0 spiro atoms. The molecular formula is C24H25ClN4O2. The number of aromatic nitrogens is 4. The number of nitrogens with zero attached hydrogens (tertiary/aromatic N) is 4. The first-order valence-electron chi connectivity index (χ1n) is 10.4. The average Bonchev–Trinajstić information content (AvgIpc) is 3.20. The van der Waals surface area contributed by atoms with Crippen molar-refractivity contribution in [2.75, 3.05) is 0 Å². The Labute approximate surface area is 185 Å². The normalized spacial score (nSPS) is 12.5. The van der Waals surface area contributed by atoms with Crippen molar-refractivity contribution in [3.63, 3.8) is 0 Å². The third-order valence-corrected chi connectivity index (χ3v) is 5.82. The van der Waals surface area contributed by atoms with E-state index in [1.165, 1.54) is 9.13 Å². The van der Waals surface area contributed by atoms with Crippen molar-refractivity contribution in [3.05, 3.63) is 92.3 Å². The van der Waals surface area contributed by atoms with Crippen LogP contribution in [0.1, 0.15) is 38.8 Å². The van der Waals surface area contributed by atoms with Crippen molar-refractivity contribution in [3.8, 4) is 5.69 Å². The van der Waals surface area contributed by atoms with Gasteiger partial charge in [-0.15, -0.1) is 0 Å². The number of halogens is 1. The van der Waals surface area contributed by atoms with E-state index in [0.717, 1.165) is 12.0 Å². The van der Waals surface area contributed by atoms with Crippen LogP contribution in [0, 0.1) is 5.92 Å². The molecule has 31 heavy (non-hydrogen) atoms. The van der Waals surface area contributed by atoms with Crippen LogP contribution in [0.2, 0.25) is 5.02 Å². The van der Waals surface area contributed by atoms with Gasteiger partial charge in [0.1, 0.15) is 0 Å². The standard InChI is InChI=1S/C24H25ClN4O2/c1-16(2)13-14-27-23(30)21-22(29(24(27)31)20-11-9-19(25)10-12-20)26-15-28(21)17(3)18-7-5-4-6-8-18/h4-12,15-17H,13-14H2,1-3H3. The molecule has 6 nitrogen and oxygen atoms in total. The molecule has 0 fully saturated rings. The second-order valence-corrected chi connectivity index (χ2v) is 8.58. The Morgan fingerprint density at radius 3 is 2.29 bits per heavy atom. The van der Waals surface area contributed by atoms with Gasteiger partial charge < -0.3 is 4.57 Å². The minimum atomic E-state index is -0.391. The topological polar surface area (TPSA) is 61.8 Å². The highest BCUT2D eigenvalue weighted by molar-refractivity contribution is 6.30. The van der Waals surface area contributed by atoms with Crippen molar-refractivity contribution >= 4 is 22.8 Å². The van der Waals surface area contributed by atoms with Crippen LogP contribution in [0.5, 0.6) is 0 Å². The summed E-state index contributed by atoms with van der Waals surface area (Å²) in [5.74, 6) is 0.360. The second-order valence-electron chi connectivity index (χ2n) is 8.14. The summed E-state index contributed by atoms with van der Waals surface area (Å²) >= 11 is 6.05. The first-order valence-corrected chi connectivity index (χ1v) is 10.8. The number of benzene rings is 2. The molecule has 0 aliphatic rings. The molecule has 0 N–H and O–H groups in total. The smallest absolute Gasteiger partial charge is 0.317 e. The van der Waals surface area contributed by atoms with Crippen molar-refractivity contribution in [1.82, 2.24) is 18.7 Å². The molecule has 2 aromatic carbocycles. The van der Waals surface area contributed by atoms with Crippen molar-refractivity contribution in [2.24, 2.45) is 5.92 Å². The molecule has 0 saturated carbocycles. The van der Waals surface area contributed by atoms with E-state index in [2.05, 4.69) is 18.8 Å². The number of hydrogen-bond donors (Lipinski definition) is 0. The molecule has 2 aromatic heterocycles. The monoisotopic (exact) mass is 436 g/mol. The molecule has 4 aromatic rings. The van der Waals surface area contributed by atoms with E-state index < -0.39 is 5.69 Å². The van der Waals surface area contributed by atoms with Gasteiger partial charge in [0.2, 0.25) is 0 Å². The molecule has 160 valence electrons. The number of rotatable bonds is 6. The van der Waals surface area contributed by atoms with Gasteiger partial charge >= 0.3 is 5.69 Å². The highest BCUT2D eigenvalue weighted by Gasteiger charge is 2.22. The summed E-state index contributed by atoms with van der Waals surface area (Å²) < 4.78 is 4.68. The SMILES string of the molecule is CC(C)CCn1c(=O)c2c(ncn2C(C)c2ccccc2)n(-c2ccc(Cl)cc2)c1=O. The van der Waals surface area contributed by atoms with Crippen molar-refractivity contribution < 1.29 is 0 Å². The van der Waals surface area contributed by atoms with Crippen LogP contribution in [0.15, 0.2) is 70.5 Å². The Balaban J connectivity index is 2.00. The van der Waals surface area contributed by atoms with E-state index in [0.29, 0.717) is 34.3 Å². The molecule has 7 heteroatoms. The maximum atomic E-state index is 13.5. The molecule has 0 saturated heterocycles. The molecule has 0 aliphatic heterocycles. The van der Waals surface area contributed by atoms with Gasteiger partial charge in [-0.1, -0.05) is 55.8 Å². The molecule has 0 aliphatic carbocycles. The van der Waals surface area contributed by atoms with Crippen LogP contribution in [-0.2, 0) is 6.54 Å². The Bertz CT molecular complexity index is 1320. The molecule has 1 unspecified atom stereocenters. The first kappa shape index (κ1) is 21.1. The van der Waals surface area contributed by atoms with Gasteiger partial charge in [-0.2, -0.15) is 0 Å². The average molecular weight is 437 g/mol. The van der Waals surface area contributed by atoms with Gasteiger partial charge in [-0.3, -0.25) is 9.36 Å². The molecule has 0 radical (unpaired) electrons. The minimum Gasteiger partial charge on any atom is -0.317 e. The van der Waals surface area contributed by atoms with Gasteiger partial charge in [0, 0.05) is 11.6 Å². The summed E-state index contributed by atoms with van der Waals surface area (Å²) in [5, 5.41) is 0.574. The zero-order valence-corrected chi connectivity index (χ0v) is 18.6. The lowest BCUT2D eigenvalue weighted by atomic mass is 10.1. The second kappa shape index (κ2) is 8.55. The third-order valence-electron chi connectivity index (χ3n) is 5.57. The molecule has 0 bridgehead atoms. The van der Waals surface area contributed by atoms with E-state index in [1.807, 2.05) is 41.8 Å². The molecule has 2 heterocycles. The highest BCUT2D eigenvalue weighted by Crippen LogP contribution is 2.22. The van der Waals surface area contributed by atoms with E-state index in [-0.39, 0.29) is 11.6 Å². The third kappa shape index (κ3) is 3.95. The predicted octanol–water partition coefficient (Wildman–Crippen LogP) is 4.66. The summed E-state index contributed by atoms with van der Waals surface area (Å²) in [5.41, 5.74) is 1.73. The first-order chi connectivity index (χ1) is 14.9. The van der Waals surface area contributed by atoms with Gasteiger partial charge in [-0.25, -0.2) is 14.3 Å². The lowest BCUT2D eigenvalue weighted by Gasteiger charge is -2.17. The predicted molar refractivity (Wildman–Crippen MR) is 124 cm³/mol. The molecule has 0 amide bonds. The maximum absolute atomic E-state index is 13.5. The summed E-state index contributed by atoms with van der Waals surface area (Å²) in [6, 6.07) is 16.8. The lowest BCUT2D eigenvalue weighted by Crippen LogP contribution is -2.40. The van der Waals surface area contributed by atoms with Crippen LogP contribution in [-0.4, -0.2) is 18.7 Å². The van der Waals surface area contributed by atoms with Gasteiger partial charge in [-0.05, 0) is 49.1 Å². The fourth-order valence-electron chi connectivity index (χ4n) is 3.74. The molecule has 1 atom stereocenters. The lowest BCUT2D eigenvalue weighted by molar-refractivity contribution is 0.491. The Kier molecular flexibility index (Phi) is 5.83. The van der Waals surface area contributed by atoms with Gasteiger partial charge in [0.25, 0.3) is 5.56 Å². The van der Waals surface area contributed by atoms with Crippen molar-refractivity contribution in [1.29, 1.82) is 0 Å². The zero-order chi connectivity index (χ0) is 22.1. The van der Waals surface area contributed by atoms with E-state index in [1.54, 1.807) is 30.6 Å². The van der Waals surface area contributed by atoms with Crippen LogP contribution in [0.25, 0.3) is 16.9 Å². The van der Waals surface area contributed by atoms with E-state index >= 15 is 0 Å². The number of imidazole rings is 1.